The predicted octanol–water partition coefficient (Wildman–Crippen LogP) is 2.75. The topological polar surface area (TPSA) is 58.6 Å². The number of likely N-dealkylation sites (N-methyl/N-ethyl adjacent to an activating group) is 1. The van der Waals surface area contributed by atoms with Crippen LogP contribution in [0.3, 0.4) is 0 Å². The van der Waals surface area contributed by atoms with Crippen LogP contribution in [0, 0.1) is 5.82 Å². The van der Waals surface area contributed by atoms with Gasteiger partial charge in [-0.3, -0.25) is 9.59 Å². The number of ether oxygens (including phenoxy) is 1. The fraction of sp³-hybridized carbons (Fsp3) is 0.222. The summed E-state index contributed by atoms with van der Waals surface area (Å²) in [5, 5.41) is 2.79. The molecule has 0 saturated heterocycles. The monoisotopic (exact) mass is 328 g/mol. The van der Waals surface area contributed by atoms with Crippen LogP contribution in [-0.2, 0) is 16.0 Å². The highest BCUT2D eigenvalue weighted by atomic mass is 19.1. The molecular formula is C18H17FN2O3. The van der Waals surface area contributed by atoms with Crippen molar-refractivity contribution >= 4 is 23.2 Å². The third-order valence-corrected chi connectivity index (χ3v) is 3.87. The maximum Gasteiger partial charge on any atom is 0.264 e. The number of nitrogens with zero attached hydrogens (tertiary/aromatic N) is 1. The molecule has 5 nitrogen and oxygen atoms in total. The number of carbonyl (C=O) groups is 2. The number of halogens is 1. The zero-order valence-corrected chi connectivity index (χ0v) is 13.2. The van der Waals surface area contributed by atoms with Crippen molar-refractivity contribution in [1.29, 1.82) is 0 Å². The number of hydrogen-bond donors (Lipinski definition) is 1. The van der Waals surface area contributed by atoms with E-state index in [-0.39, 0.29) is 30.7 Å². The zero-order chi connectivity index (χ0) is 17.1. The number of rotatable bonds is 4. The first-order valence-electron chi connectivity index (χ1n) is 7.61. The Kier molecular flexibility index (Phi) is 4.46. The van der Waals surface area contributed by atoms with Crippen LogP contribution in [0.25, 0.3) is 0 Å². The van der Waals surface area contributed by atoms with Crippen molar-refractivity contribution in [1.82, 2.24) is 0 Å². The molecule has 0 radical (unpaired) electrons. The molecular weight excluding hydrogens is 311 g/mol. The van der Waals surface area contributed by atoms with Gasteiger partial charge in [-0.15, -0.1) is 0 Å². The summed E-state index contributed by atoms with van der Waals surface area (Å²) in [6.45, 7) is -0.0559. The van der Waals surface area contributed by atoms with E-state index in [2.05, 4.69) is 5.32 Å². The quantitative estimate of drug-likeness (QED) is 0.939. The Bertz CT molecular complexity index is 792. The van der Waals surface area contributed by atoms with Crippen molar-refractivity contribution in [3.63, 3.8) is 0 Å². The number of benzene rings is 2. The molecule has 1 aliphatic rings. The fourth-order valence-electron chi connectivity index (χ4n) is 2.57. The molecule has 124 valence electrons. The lowest BCUT2D eigenvalue weighted by Gasteiger charge is -2.27. The number of amides is 2. The number of carbonyl (C=O) groups excluding carboxylic acids is 2. The number of anilines is 2. The molecule has 1 aliphatic heterocycles. The predicted molar refractivity (Wildman–Crippen MR) is 88.7 cm³/mol. The summed E-state index contributed by atoms with van der Waals surface area (Å²) in [6.07, 6.45) is 0.666. The smallest absolute Gasteiger partial charge is 0.264 e. The van der Waals surface area contributed by atoms with Gasteiger partial charge in [-0.2, -0.15) is 0 Å². The minimum Gasteiger partial charge on any atom is -0.479 e. The van der Waals surface area contributed by atoms with Gasteiger partial charge in [0, 0.05) is 13.5 Å². The molecule has 2 aromatic rings. The van der Waals surface area contributed by atoms with Crippen molar-refractivity contribution in [3.8, 4) is 5.75 Å². The highest BCUT2D eigenvalue weighted by Crippen LogP contribution is 2.37. The van der Waals surface area contributed by atoms with Gasteiger partial charge >= 0.3 is 0 Å². The largest absolute Gasteiger partial charge is 0.479 e. The molecule has 0 saturated carbocycles. The molecule has 0 atom stereocenters. The maximum absolute atomic E-state index is 13.1. The Hall–Kier alpha value is -2.89. The Morgan fingerprint density at radius 1 is 1.29 bits per heavy atom. The van der Waals surface area contributed by atoms with Crippen LogP contribution in [0.5, 0.6) is 5.75 Å². The molecule has 0 spiro atoms. The molecule has 3 rings (SSSR count). The summed E-state index contributed by atoms with van der Waals surface area (Å²) < 4.78 is 18.6. The van der Waals surface area contributed by atoms with Crippen molar-refractivity contribution in [3.05, 3.63) is 53.8 Å². The number of aryl methyl sites for hydroxylation is 1. The average molecular weight is 328 g/mol. The normalized spacial score (nSPS) is 13.2. The lowest BCUT2D eigenvalue weighted by Crippen LogP contribution is -2.35. The summed E-state index contributed by atoms with van der Waals surface area (Å²) >= 11 is 0. The van der Waals surface area contributed by atoms with Gasteiger partial charge in [0.2, 0.25) is 5.91 Å². The third-order valence-electron chi connectivity index (χ3n) is 3.87. The molecule has 6 heteroatoms. The standard InChI is InChI=1S/C18H17FN2O3/c1-21-15-7-3-6-14(18(15)24-11-17(21)23)20-16(22)9-8-12-4-2-5-13(19)10-12/h2-7,10H,8-9,11H2,1H3,(H,20,22). The maximum atomic E-state index is 13.1. The van der Waals surface area contributed by atoms with E-state index in [1.165, 1.54) is 17.0 Å². The zero-order valence-electron chi connectivity index (χ0n) is 13.2. The summed E-state index contributed by atoms with van der Waals surface area (Å²) in [5.74, 6) is -0.169. The van der Waals surface area contributed by atoms with Gasteiger partial charge in [-0.25, -0.2) is 4.39 Å². The molecule has 1 N–H and O–H groups in total. The van der Waals surface area contributed by atoms with E-state index in [1.807, 2.05) is 0 Å². The van der Waals surface area contributed by atoms with E-state index < -0.39 is 0 Å². The molecule has 0 aliphatic carbocycles. The van der Waals surface area contributed by atoms with E-state index in [1.54, 1.807) is 37.4 Å². The van der Waals surface area contributed by atoms with Crippen LogP contribution < -0.4 is 15.0 Å². The van der Waals surface area contributed by atoms with Crippen LogP contribution in [-0.4, -0.2) is 25.5 Å². The van der Waals surface area contributed by atoms with E-state index >= 15 is 0 Å². The van der Waals surface area contributed by atoms with Crippen molar-refractivity contribution < 1.29 is 18.7 Å². The molecule has 2 amide bonds. The Labute approximate surface area is 139 Å². The fourth-order valence-corrected chi connectivity index (χ4v) is 2.57. The Morgan fingerprint density at radius 2 is 2.08 bits per heavy atom. The lowest BCUT2D eigenvalue weighted by molar-refractivity contribution is -0.121. The van der Waals surface area contributed by atoms with E-state index in [0.717, 1.165) is 5.56 Å². The molecule has 0 fully saturated rings. The molecule has 0 unspecified atom stereocenters. The van der Waals surface area contributed by atoms with Crippen LogP contribution in [0.2, 0.25) is 0 Å². The van der Waals surface area contributed by atoms with Gasteiger partial charge in [-0.05, 0) is 36.2 Å². The second-order valence-electron chi connectivity index (χ2n) is 5.57. The minimum atomic E-state index is -0.314. The van der Waals surface area contributed by atoms with E-state index in [9.17, 15) is 14.0 Å². The van der Waals surface area contributed by atoms with Gasteiger partial charge in [0.1, 0.15) is 5.82 Å². The van der Waals surface area contributed by atoms with Crippen LogP contribution in [0.4, 0.5) is 15.8 Å². The second-order valence-corrected chi connectivity index (χ2v) is 5.57. The van der Waals surface area contributed by atoms with Gasteiger partial charge in [0.05, 0.1) is 11.4 Å². The van der Waals surface area contributed by atoms with Crippen molar-refractivity contribution in [2.24, 2.45) is 0 Å². The van der Waals surface area contributed by atoms with E-state index in [4.69, 9.17) is 4.74 Å². The summed E-state index contributed by atoms with van der Waals surface area (Å²) in [6, 6.07) is 11.4. The average Bonchev–Trinajstić information content (AvgIpc) is 2.57. The first-order chi connectivity index (χ1) is 11.5. The number of fused-ring (bicyclic) bond motifs is 1. The van der Waals surface area contributed by atoms with Gasteiger partial charge < -0.3 is 15.0 Å². The Morgan fingerprint density at radius 3 is 2.88 bits per heavy atom. The minimum absolute atomic E-state index is 0.0559. The van der Waals surface area contributed by atoms with Gasteiger partial charge in [0.25, 0.3) is 5.91 Å². The first kappa shape index (κ1) is 16.0. The molecule has 1 heterocycles. The van der Waals surface area contributed by atoms with E-state index in [0.29, 0.717) is 23.5 Å². The molecule has 0 aromatic heterocycles. The van der Waals surface area contributed by atoms with Crippen molar-refractivity contribution in [2.75, 3.05) is 23.9 Å². The second kappa shape index (κ2) is 6.70. The number of para-hydroxylation sites is 1. The third kappa shape index (κ3) is 3.37. The molecule has 0 bridgehead atoms. The first-order valence-corrected chi connectivity index (χ1v) is 7.61. The molecule has 24 heavy (non-hydrogen) atoms. The summed E-state index contributed by atoms with van der Waals surface area (Å²) in [4.78, 5) is 25.3. The number of nitrogens with one attached hydrogen (secondary N) is 1. The van der Waals surface area contributed by atoms with Crippen LogP contribution in [0.15, 0.2) is 42.5 Å². The summed E-state index contributed by atoms with van der Waals surface area (Å²) in [7, 11) is 1.67. The lowest BCUT2D eigenvalue weighted by atomic mass is 10.1. The van der Waals surface area contributed by atoms with Crippen LogP contribution in [0.1, 0.15) is 12.0 Å². The Balaban J connectivity index is 1.68. The molecule has 2 aromatic carbocycles. The van der Waals surface area contributed by atoms with Gasteiger partial charge in [-0.1, -0.05) is 18.2 Å². The number of hydrogen-bond acceptors (Lipinski definition) is 3. The van der Waals surface area contributed by atoms with Gasteiger partial charge in [0.15, 0.2) is 12.4 Å². The van der Waals surface area contributed by atoms with Crippen molar-refractivity contribution in [2.45, 2.75) is 12.8 Å². The SMILES string of the molecule is CN1C(=O)COc2c(NC(=O)CCc3cccc(F)c3)cccc21. The highest BCUT2D eigenvalue weighted by Gasteiger charge is 2.24. The van der Waals surface area contributed by atoms with Crippen LogP contribution >= 0.6 is 0 Å². The highest BCUT2D eigenvalue weighted by molar-refractivity contribution is 6.01. The summed E-state index contributed by atoms with van der Waals surface area (Å²) in [5.41, 5.74) is 1.91.